The summed E-state index contributed by atoms with van der Waals surface area (Å²) in [7, 11) is 0. The van der Waals surface area contributed by atoms with Gasteiger partial charge in [0.1, 0.15) is 0 Å². The number of nitrogens with one attached hydrogen (secondary N) is 1. The minimum absolute atomic E-state index is 0.875. The number of morpholine rings is 1. The Kier molecular flexibility index (Phi) is 5.21. The molecule has 2 heterocycles. The Morgan fingerprint density at radius 1 is 1.19 bits per heavy atom. The lowest BCUT2D eigenvalue weighted by Crippen LogP contribution is -2.37. The van der Waals surface area contributed by atoms with Crippen molar-refractivity contribution in [3.05, 3.63) is 35.7 Å². The van der Waals surface area contributed by atoms with E-state index in [1.54, 1.807) is 11.3 Å². The summed E-state index contributed by atoms with van der Waals surface area (Å²) in [6.45, 7) is 5.98. The van der Waals surface area contributed by atoms with Crippen molar-refractivity contribution >= 4 is 16.5 Å². The molecule has 0 amide bonds. The number of thiazole rings is 1. The fourth-order valence-corrected chi connectivity index (χ4v) is 3.17. The van der Waals surface area contributed by atoms with Gasteiger partial charge in [-0.1, -0.05) is 30.3 Å². The second-order valence-electron chi connectivity index (χ2n) is 5.14. The van der Waals surface area contributed by atoms with E-state index in [-0.39, 0.29) is 0 Å². The van der Waals surface area contributed by atoms with Crippen LogP contribution in [0.1, 0.15) is 6.42 Å². The highest BCUT2D eigenvalue weighted by molar-refractivity contribution is 7.14. The Balaban J connectivity index is 1.42. The van der Waals surface area contributed by atoms with E-state index in [9.17, 15) is 0 Å². The molecule has 1 aliphatic rings. The molecule has 0 unspecified atom stereocenters. The molecule has 2 aromatic rings. The van der Waals surface area contributed by atoms with Gasteiger partial charge in [0.25, 0.3) is 0 Å². The van der Waals surface area contributed by atoms with Crippen LogP contribution in [0.3, 0.4) is 0 Å². The summed E-state index contributed by atoms with van der Waals surface area (Å²) in [6.07, 6.45) is 1.14. The van der Waals surface area contributed by atoms with Gasteiger partial charge in [0.05, 0.1) is 18.9 Å². The van der Waals surface area contributed by atoms with Crippen molar-refractivity contribution in [1.29, 1.82) is 0 Å². The Morgan fingerprint density at radius 3 is 2.81 bits per heavy atom. The van der Waals surface area contributed by atoms with Crippen LogP contribution in [0.5, 0.6) is 0 Å². The Labute approximate surface area is 129 Å². The van der Waals surface area contributed by atoms with Crippen molar-refractivity contribution in [3.8, 4) is 11.3 Å². The van der Waals surface area contributed by atoms with Crippen molar-refractivity contribution in [1.82, 2.24) is 9.88 Å². The number of hydrogen-bond donors (Lipinski definition) is 1. The molecular weight excluding hydrogens is 282 g/mol. The Morgan fingerprint density at radius 2 is 2.00 bits per heavy atom. The van der Waals surface area contributed by atoms with Gasteiger partial charge in [0, 0.05) is 30.6 Å². The van der Waals surface area contributed by atoms with E-state index >= 15 is 0 Å². The van der Waals surface area contributed by atoms with Gasteiger partial charge < -0.3 is 10.1 Å². The molecule has 1 saturated heterocycles. The number of hydrogen-bond acceptors (Lipinski definition) is 5. The highest BCUT2D eigenvalue weighted by Crippen LogP contribution is 2.24. The molecule has 1 aliphatic heterocycles. The molecule has 1 fully saturated rings. The minimum atomic E-state index is 0.875. The molecule has 21 heavy (non-hydrogen) atoms. The SMILES string of the molecule is c1ccc(-c2csc(NCCCN3CCOCC3)n2)cc1. The van der Waals surface area contributed by atoms with Crippen molar-refractivity contribution in [2.75, 3.05) is 44.7 Å². The molecule has 112 valence electrons. The summed E-state index contributed by atoms with van der Waals surface area (Å²) in [6, 6.07) is 10.3. The van der Waals surface area contributed by atoms with Crippen LogP contribution < -0.4 is 5.32 Å². The monoisotopic (exact) mass is 303 g/mol. The van der Waals surface area contributed by atoms with E-state index in [1.807, 2.05) is 18.2 Å². The van der Waals surface area contributed by atoms with Gasteiger partial charge in [-0.3, -0.25) is 4.90 Å². The van der Waals surface area contributed by atoms with E-state index in [0.29, 0.717) is 0 Å². The van der Waals surface area contributed by atoms with Gasteiger partial charge in [-0.2, -0.15) is 0 Å². The third kappa shape index (κ3) is 4.27. The van der Waals surface area contributed by atoms with Gasteiger partial charge in [-0.05, 0) is 13.0 Å². The highest BCUT2D eigenvalue weighted by atomic mass is 32.1. The van der Waals surface area contributed by atoms with Crippen LogP contribution in [0.4, 0.5) is 5.13 Å². The average molecular weight is 303 g/mol. The molecule has 0 aliphatic carbocycles. The van der Waals surface area contributed by atoms with E-state index < -0.39 is 0 Å². The van der Waals surface area contributed by atoms with Gasteiger partial charge in [0.15, 0.2) is 5.13 Å². The fraction of sp³-hybridized carbons (Fsp3) is 0.438. The zero-order valence-electron chi connectivity index (χ0n) is 12.1. The van der Waals surface area contributed by atoms with Crippen LogP contribution in [-0.4, -0.2) is 49.3 Å². The molecule has 5 heteroatoms. The Hall–Kier alpha value is -1.43. The van der Waals surface area contributed by atoms with Crippen LogP contribution >= 0.6 is 11.3 Å². The van der Waals surface area contributed by atoms with Gasteiger partial charge in [-0.15, -0.1) is 11.3 Å². The zero-order valence-corrected chi connectivity index (χ0v) is 12.9. The zero-order chi connectivity index (χ0) is 14.3. The van der Waals surface area contributed by atoms with Crippen molar-refractivity contribution in [3.63, 3.8) is 0 Å². The number of aromatic nitrogens is 1. The first-order chi connectivity index (χ1) is 10.4. The molecular formula is C16H21N3OS. The number of rotatable bonds is 6. The maximum absolute atomic E-state index is 5.35. The van der Waals surface area contributed by atoms with Crippen LogP contribution in [0.25, 0.3) is 11.3 Å². The molecule has 4 nitrogen and oxygen atoms in total. The average Bonchev–Trinajstić information content (AvgIpc) is 3.02. The third-order valence-corrected chi connectivity index (χ3v) is 4.40. The Bertz CT molecular complexity index is 537. The molecule has 0 bridgehead atoms. The maximum atomic E-state index is 5.35. The lowest BCUT2D eigenvalue weighted by molar-refractivity contribution is 0.0378. The normalized spacial score (nSPS) is 16.0. The predicted octanol–water partition coefficient (Wildman–Crippen LogP) is 2.94. The molecule has 1 aromatic heterocycles. The van der Waals surface area contributed by atoms with Crippen molar-refractivity contribution in [2.24, 2.45) is 0 Å². The van der Waals surface area contributed by atoms with Gasteiger partial charge in [0.2, 0.25) is 0 Å². The molecule has 0 radical (unpaired) electrons. The topological polar surface area (TPSA) is 37.4 Å². The van der Waals surface area contributed by atoms with Crippen LogP contribution in [0.15, 0.2) is 35.7 Å². The van der Waals surface area contributed by atoms with Gasteiger partial charge >= 0.3 is 0 Å². The molecule has 3 rings (SSSR count). The summed E-state index contributed by atoms with van der Waals surface area (Å²) in [5.41, 5.74) is 2.23. The van der Waals surface area contributed by atoms with Crippen LogP contribution in [0.2, 0.25) is 0 Å². The number of nitrogens with zero attached hydrogens (tertiary/aromatic N) is 2. The van der Waals surface area contributed by atoms with E-state index in [1.165, 1.54) is 5.56 Å². The smallest absolute Gasteiger partial charge is 0.183 e. The predicted molar refractivity (Wildman–Crippen MR) is 87.9 cm³/mol. The number of ether oxygens (including phenoxy) is 1. The summed E-state index contributed by atoms with van der Waals surface area (Å²) in [5, 5.41) is 6.54. The summed E-state index contributed by atoms with van der Waals surface area (Å²) in [5.74, 6) is 0. The fourth-order valence-electron chi connectivity index (χ4n) is 2.42. The summed E-state index contributed by atoms with van der Waals surface area (Å²) in [4.78, 5) is 7.10. The standard InChI is InChI=1S/C16H21N3OS/c1-2-5-14(6-3-1)15-13-21-16(18-15)17-7-4-8-19-9-11-20-12-10-19/h1-3,5-6,13H,4,7-12H2,(H,17,18). The first-order valence-corrected chi connectivity index (χ1v) is 8.35. The minimum Gasteiger partial charge on any atom is -0.379 e. The molecule has 0 saturated carbocycles. The first kappa shape index (κ1) is 14.5. The number of anilines is 1. The lowest BCUT2D eigenvalue weighted by Gasteiger charge is -2.26. The quantitative estimate of drug-likeness (QED) is 0.833. The highest BCUT2D eigenvalue weighted by Gasteiger charge is 2.09. The lowest BCUT2D eigenvalue weighted by atomic mass is 10.2. The first-order valence-electron chi connectivity index (χ1n) is 7.47. The molecule has 0 spiro atoms. The van der Waals surface area contributed by atoms with Crippen molar-refractivity contribution in [2.45, 2.75) is 6.42 Å². The van der Waals surface area contributed by atoms with Crippen LogP contribution in [0, 0.1) is 0 Å². The molecule has 0 atom stereocenters. The third-order valence-electron chi connectivity index (χ3n) is 3.60. The largest absolute Gasteiger partial charge is 0.379 e. The summed E-state index contributed by atoms with van der Waals surface area (Å²) >= 11 is 1.67. The van der Waals surface area contributed by atoms with E-state index in [2.05, 4.69) is 32.7 Å². The second kappa shape index (κ2) is 7.54. The summed E-state index contributed by atoms with van der Waals surface area (Å²) < 4.78 is 5.35. The second-order valence-corrected chi connectivity index (χ2v) is 6.00. The number of benzene rings is 1. The van der Waals surface area contributed by atoms with Crippen molar-refractivity contribution < 1.29 is 4.74 Å². The van der Waals surface area contributed by atoms with E-state index in [0.717, 1.165) is 56.6 Å². The maximum Gasteiger partial charge on any atom is 0.183 e. The molecule has 1 N–H and O–H groups in total. The molecule has 1 aromatic carbocycles. The van der Waals surface area contributed by atoms with E-state index in [4.69, 9.17) is 4.74 Å². The van der Waals surface area contributed by atoms with Gasteiger partial charge in [-0.25, -0.2) is 4.98 Å². The van der Waals surface area contributed by atoms with Crippen LogP contribution in [-0.2, 0) is 4.74 Å².